The summed E-state index contributed by atoms with van der Waals surface area (Å²) in [6.45, 7) is 27.1. The number of amides is 6. The van der Waals surface area contributed by atoms with Crippen LogP contribution < -0.4 is 45.8 Å². The van der Waals surface area contributed by atoms with Crippen LogP contribution in [0.2, 0.25) is 0 Å². The standard InChI is InChI=1S/2C24H33N5O4.C23H31N5O4/c2*1-5-25-23(31)28(4)18-8-6-17(7-9-18)21-26-20-19(15-33-24(20,3)10-12-30)22(27-21)29-11-13-32-14-16(29)2;1-4-24-22(30)25-17-7-5-16(6-8-17)20-26-19-18(14-32-23(19,3)9-11-29)21(27-20)28-10-12-31-13-15(28)2/h2*6-9,16,30H,5,10-15H2,1-4H3,(H,25,31);5-8,15,29H,4,9-14H2,1-3H3,(H2,24,25,30)/t16-,24+;16-,24-;15-,23?/m000/s1. The number of nitrogens with zero attached hydrogens (tertiary/aromatic N) is 11. The van der Waals surface area contributed by atoms with Crippen molar-refractivity contribution in [1.29, 1.82) is 0 Å². The summed E-state index contributed by atoms with van der Waals surface area (Å²) in [5.41, 5.74) is 8.25. The minimum absolute atomic E-state index is 0.0127. The fourth-order valence-electron chi connectivity index (χ4n) is 12.9. The Kier molecular flexibility index (Phi) is 23.8. The van der Waals surface area contributed by atoms with E-state index in [0.717, 1.165) is 98.9 Å². The van der Waals surface area contributed by atoms with Crippen LogP contribution >= 0.6 is 0 Å². The molecule has 7 N–H and O–H groups in total. The van der Waals surface area contributed by atoms with Gasteiger partial charge in [0.1, 0.15) is 34.3 Å². The topological polar surface area (TPSA) is 309 Å². The molecular formula is C71H97N15O12. The molecule has 0 saturated carbocycles. The summed E-state index contributed by atoms with van der Waals surface area (Å²) in [4.78, 5) is 75.6. The lowest BCUT2D eigenvalue weighted by atomic mass is 9.96. The van der Waals surface area contributed by atoms with Gasteiger partial charge >= 0.3 is 18.1 Å². The molecule has 27 nitrogen and oxygen atoms in total. The first kappa shape index (κ1) is 72.5. The van der Waals surface area contributed by atoms with Crippen molar-refractivity contribution in [3.8, 4) is 34.2 Å². The minimum Gasteiger partial charge on any atom is -0.396 e. The number of aromatic nitrogens is 6. The number of fused-ring (bicyclic) bond motifs is 3. The molecule has 1 unspecified atom stereocenters. The third kappa shape index (κ3) is 15.9. The monoisotopic (exact) mass is 1350 g/mol. The van der Waals surface area contributed by atoms with Gasteiger partial charge in [-0.1, -0.05) is 0 Å². The first-order valence-electron chi connectivity index (χ1n) is 34.1. The zero-order valence-electron chi connectivity index (χ0n) is 58.4. The Morgan fingerprint density at radius 3 is 1.07 bits per heavy atom. The fourth-order valence-corrected chi connectivity index (χ4v) is 12.9. The van der Waals surface area contributed by atoms with E-state index in [1.807, 2.05) is 114 Å². The average Bonchev–Trinajstić information content (AvgIpc) is 1.57. The summed E-state index contributed by atoms with van der Waals surface area (Å²) >= 11 is 0. The van der Waals surface area contributed by atoms with Gasteiger partial charge in [0.25, 0.3) is 0 Å². The van der Waals surface area contributed by atoms with E-state index >= 15 is 0 Å². The number of hydrogen-bond donors (Lipinski definition) is 7. The maximum atomic E-state index is 12.1. The van der Waals surface area contributed by atoms with Crippen molar-refractivity contribution in [2.24, 2.45) is 0 Å². The molecule has 6 aliphatic rings. The number of aliphatic hydroxyl groups is 3. The van der Waals surface area contributed by atoms with Gasteiger partial charge in [0.15, 0.2) is 17.5 Å². The van der Waals surface area contributed by atoms with E-state index in [2.05, 4.69) is 56.7 Å². The molecule has 3 aromatic heterocycles. The van der Waals surface area contributed by atoms with Crippen molar-refractivity contribution in [2.75, 3.05) is 143 Å². The van der Waals surface area contributed by atoms with Crippen molar-refractivity contribution in [3.63, 3.8) is 0 Å². The average molecular weight is 1350 g/mol. The van der Waals surface area contributed by atoms with Gasteiger partial charge in [-0.2, -0.15) is 0 Å². The number of ether oxygens (including phenoxy) is 6. The van der Waals surface area contributed by atoms with Gasteiger partial charge < -0.3 is 79.7 Å². The number of morpholine rings is 3. The van der Waals surface area contributed by atoms with Gasteiger partial charge in [-0.15, -0.1) is 0 Å². The Hall–Kier alpha value is -8.25. The molecule has 3 saturated heterocycles. The fraction of sp³-hybridized carbons (Fsp3) is 0.535. The highest BCUT2D eigenvalue weighted by Crippen LogP contribution is 2.46. The van der Waals surface area contributed by atoms with Crippen LogP contribution in [0.4, 0.5) is 48.9 Å². The predicted molar refractivity (Wildman–Crippen MR) is 374 cm³/mol. The lowest BCUT2D eigenvalue weighted by molar-refractivity contribution is -0.0413. The molecule has 528 valence electrons. The zero-order chi connectivity index (χ0) is 69.9. The highest BCUT2D eigenvalue weighted by molar-refractivity contribution is 5.92. The molecule has 6 atom stereocenters. The van der Waals surface area contributed by atoms with Gasteiger partial charge in [0.05, 0.1) is 94.7 Å². The molecule has 6 aromatic rings. The lowest BCUT2D eigenvalue weighted by Crippen LogP contribution is -2.44. The molecule has 0 bridgehead atoms. The van der Waals surface area contributed by atoms with Crippen molar-refractivity contribution in [3.05, 3.63) is 107 Å². The maximum absolute atomic E-state index is 12.1. The minimum atomic E-state index is -0.662. The molecule has 12 rings (SSSR count). The Morgan fingerprint density at radius 1 is 0.480 bits per heavy atom. The molecule has 0 aliphatic carbocycles. The molecule has 3 fully saturated rings. The number of urea groups is 3. The number of aliphatic hydroxyl groups excluding tert-OH is 3. The summed E-state index contributed by atoms with van der Waals surface area (Å²) < 4.78 is 35.3. The second-order valence-electron chi connectivity index (χ2n) is 25.9. The molecule has 27 heteroatoms. The Bertz CT molecular complexity index is 3560. The van der Waals surface area contributed by atoms with Gasteiger partial charge in [-0.3, -0.25) is 9.80 Å². The first-order chi connectivity index (χ1) is 47.2. The zero-order valence-corrected chi connectivity index (χ0v) is 58.4. The Morgan fingerprint density at radius 2 is 0.786 bits per heavy atom. The summed E-state index contributed by atoms with van der Waals surface area (Å²) in [5.74, 6) is 4.41. The van der Waals surface area contributed by atoms with Crippen LogP contribution in [0, 0.1) is 0 Å². The van der Waals surface area contributed by atoms with E-state index in [-0.39, 0.29) is 56.0 Å². The van der Waals surface area contributed by atoms with E-state index in [1.54, 1.807) is 23.9 Å². The second-order valence-corrected chi connectivity index (χ2v) is 25.9. The number of benzene rings is 3. The maximum Gasteiger partial charge on any atom is 0.321 e. The van der Waals surface area contributed by atoms with Crippen molar-refractivity contribution in [2.45, 2.75) is 136 Å². The number of carbonyl (C=O) groups excluding carboxylic acids is 3. The third-order valence-electron chi connectivity index (χ3n) is 18.8. The molecule has 0 spiro atoms. The van der Waals surface area contributed by atoms with Crippen molar-refractivity contribution < 1.29 is 58.1 Å². The van der Waals surface area contributed by atoms with E-state index in [9.17, 15) is 29.7 Å². The molecular weight excluding hydrogens is 1250 g/mol. The van der Waals surface area contributed by atoms with Gasteiger partial charge in [0, 0.05) is 143 Å². The summed E-state index contributed by atoms with van der Waals surface area (Å²) in [6.07, 6.45) is 1.39. The van der Waals surface area contributed by atoms with Crippen LogP contribution in [0.3, 0.4) is 0 Å². The first-order valence-corrected chi connectivity index (χ1v) is 34.1. The Balaban J connectivity index is 0.000000159. The third-order valence-corrected chi connectivity index (χ3v) is 18.8. The summed E-state index contributed by atoms with van der Waals surface area (Å²) in [7, 11) is 3.48. The highest BCUT2D eigenvalue weighted by atomic mass is 16.5. The van der Waals surface area contributed by atoms with E-state index in [4.69, 9.17) is 58.3 Å². The SMILES string of the molecule is CCNC(=O)N(C)c1ccc(-c2nc(N3CCOC[C@@H]3C)c3c(n2)[C@@](C)(CCO)OC3)cc1.CCNC(=O)N(C)c1ccc(-c2nc(N3CCOC[C@@H]3C)c3c(n2)[C@](C)(CCO)OC3)cc1.CCNC(=O)Nc1ccc(-c2nc(N3CCOC[C@@H]3C)c3c(n2)C(C)(CCO)OC3)cc1. The predicted octanol–water partition coefficient (Wildman–Crippen LogP) is 7.96. The normalized spacial score (nSPS) is 22.3. The quantitative estimate of drug-likeness (QED) is 0.0429. The molecule has 98 heavy (non-hydrogen) atoms. The number of rotatable bonds is 18. The molecule has 9 heterocycles. The van der Waals surface area contributed by atoms with Crippen molar-refractivity contribution in [1.82, 2.24) is 45.9 Å². The van der Waals surface area contributed by atoms with E-state index in [0.29, 0.717) is 122 Å². The molecule has 3 aromatic carbocycles. The van der Waals surface area contributed by atoms with Gasteiger partial charge in [-0.25, -0.2) is 44.3 Å². The second kappa shape index (κ2) is 32.2. The number of carbonyl (C=O) groups is 3. The van der Waals surface area contributed by atoms with Gasteiger partial charge in [0.2, 0.25) is 0 Å². The summed E-state index contributed by atoms with van der Waals surface area (Å²) in [6, 6.07) is 22.7. The lowest BCUT2D eigenvalue weighted by Gasteiger charge is -2.35. The van der Waals surface area contributed by atoms with E-state index < -0.39 is 16.8 Å². The van der Waals surface area contributed by atoms with Crippen LogP contribution in [0.25, 0.3) is 34.2 Å². The molecule has 6 amide bonds. The Labute approximate surface area is 574 Å². The van der Waals surface area contributed by atoms with Crippen LogP contribution in [0.1, 0.15) is 115 Å². The van der Waals surface area contributed by atoms with Crippen molar-refractivity contribution >= 4 is 52.6 Å². The number of nitrogens with one attached hydrogen (secondary N) is 4. The van der Waals surface area contributed by atoms with Crippen LogP contribution in [-0.4, -0.2) is 194 Å². The van der Waals surface area contributed by atoms with Crippen LogP contribution in [0.15, 0.2) is 72.8 Å². The smallest absolute Gasteiger partial charge is 0.321 e. The van der Waals surface area contributed by atoms with Crippen LogP contribution in [-0.2, 0) is 65.0 Å². The van der Waals surface area contributed by atoms with E-state index in [1.165, 1.54) is 0 Å². The number of anilines is 6. The summed E-state index contributed by atoms with van der Waals surface area (Å²) in [5, 5.41) is 40.0. The van der Waals surface area contributed by atoms with Crippen LogP contribution in [0.5, 0.6) is 0 Å². The number of hydrogen-bond acceptors (Lipinski definition) is 21. The molecule has 0 radical (unpaired) electrons. The molecule has 6 aliphatic heterocycles. The highest BCUT2D eigenvalue weighted by Gasteiger charge is 2.44. The van der Waals surface area contributed by atoms with Gasteiger partial charge in [-0.05, 0) is 135 Å². The largest absolute Gasteiger partial charge is 0.396 e.